The lowest BCUT2D eigenvalue weighted by Gasteiger charge is -2.43. The Bertz CT molecular complexity index is 661. The van der Waals surface area contributed by atoms with Crippen LogP contribution in [0.1, 0.15) is 38.2 Å². The number of carbonyl (C=O) groups is 2. The normalized spacial score (nSPS) is 22.9. The van der Waals surface area contributed by atoms with Gasteiger partial charge in [-0.2, -0.15) is 0 Å². The molecule has 1 saturated heterocycles. The Kier molecular flexibility index (Phi) is 6.47. The van der Waals surface area contributed by atoms with Gasteiger partial charge in [-0.3, -0.25) is 9.59 Å². The Balaban J connectivity index is 2.03. The predicted octanol–water partition coefficient (Wildman–Crippen LogP) is 1.80. The zero-order valence-electron chi connectivity index (χ0n) is 15.3. The van der Waals surface area contributed by atoms with Crippen LogP contribution >= 0.6 is 0 Å². The molecule has 0 saturated carbocycles. The fourth-order valence-electron chi connectivity index (χ4n) is 3.60. The molecule has 3 N–H and O–H groups in total. The molecule has 1 heterocycles. The number of aryl methyl sites for hydroxylation is 1. The molecule has 2 rings (SSSR count). The van der Waals surface area contributed by atoms with E-state index in [-0.39, 0.29) is 31.0 Å². The van der Waals surface area contributed by atoms with Crippen molar-refractivity contribution in [2.24, 2.45) is 5.41 Å². The first kappa shape index (κ1) is 20.0. The second-order valence-corrected chi connectivity index (χ2v) is 6.84. The molecule has 0 unspecified atom stereocenters. The molecule has 0 radical (unpaired) electrons. The minimum Gasteiger partial charge on any atom is -0.504 e. The summed E-state index contributed by atoms with van der Waals surface area (Å²) in [4.78, 5) is 25.9. The van der Waals surface area contributed by atoms with Crippen molar-refractivity contribution in [1.29, 1.82) is 0 Å². The third-order valence-corrected chi connectivity index (χ3v) is 5.13. The van der Waals surface area contributed by atoms with Crippen molar-refractivity contribution in [1.82, 2.24) is 4.90 Å². The number of aliphatic carboxylic acids is 1. The molecule has 2 atom stereocenters. The van der Waals surface area contributed by atoms with Gasteiger partial charge in [0.15, 0.2) is 11.5 Å². The molecule has 1 aliphatic rings. The number of phenols is 1. The maximum atomic E-state index is 12.6. The molecule has 1 aromatic carbocycles. The SMILES string of the molecule is CCC[C@@]1(C(=O)O)CN(C(=O)CCc2ccc(OC)c(O)c2)CC[C@H]1O. The summed E-state index contributed by atoms with van der Waals surface area (Å²) in [5, 5.41) is 29.7. The van der Waals surface area contributed by atoms with Crippen molar-refractivity contribution in [3.8, 4) is 11.5 Å². The first-order valence-electron chi connectivity index (χ1n) is 8.89. The minimum absolute atomic E-state index is 0.0198. The van der Waals surface area contributed by atoms with Crippen LogP contribution in [-0.4, -0.2) is 58.4 Å². The second-order valence-electron chi connectivity index (χ2n) is 6.84. The molecule has 0 bridgehead atoms. The van der Waals surface area contributed by atoms with E-state index in [1.54, 1.807) is 23.1 Å². The molecule has 0 aromatic heterocycles. The summed E-state index contributed by atoms with van der Waals surface area (Å²) in [5.74, 6) is -0.805. The Labute approximate surface area is 153 Å². The first-order valence-corrected chi connectivity index (χ1v) is 8.89. The lowest BCUT2D eigenvalue weighted by atomic mass is 9.74. The smallest absolute Gasteiger partial charge is 0.314 e. The molecule has 0 spiro atoms. The number of hydrogen-bond donors (Lipinski definition) is 3. The van der Waals surface area contributed by atoms with E-state index >= 15 is 0 Å². The summed E-state index contributed by atoms with van der Waals surface area (Å²) in [5.41, 5.74) is -0.493. The number of aliphatic hydroxyl groups excluding tert-OH is 1. The minimum atomic E-state index is -1.29. The fourth-order valence-corrected chi connectivity index (χ4v) is 3.60. The number of aliphatic hydroxyl groups is 1. The van der Waals surface area contributed by atoms with Crippen LogP contribution in [-0.2, 0) is 16.0 Å². The van der Waals surface area contributed by atoms with Crippen LogP contribution in [0.5, 0.6) is 11.5 Å². The average molecular weight is 365 g/mol. The third-order valence-electron chi connectivity index (χ3n) is 5.13. The number of hydrogen-bond acceptors (Lipinski definition) is 5. The highest BCUT2D eigenvalue weighted by Crippen LogP contribution is 2.36. The molecule has 1 aromatic rings. The highest BCUT2D eigenvalue weighted by atomic mass is 16.5. The Morgan fingerprint density at radius 1 is 1.38 bits per heavy atom. The van der Waals surface area contributed by atoms with Gasteiger partial charge in [-0.15, -0.1) is 0 Å². The van der Waals surface area contributed by atoms with E-state index in [0.29, 0.717) is 31.6 Å². The molecule has 26 heavy (non-hydrogen) atoms. The van der Waals surface area contributed by atoms with Gasteiger partial charge in [-0.1, -0.05) is 19.4 Å². The summed E-state index contributed by atoms with van der Waals surface area (Å²) < 4.78 is 4.99. The van der Waals surface area contributed by atoms with Gasteiger partial charge in [0.2, 0.25) is 5.91 Å². The van der Waals surface area contributed by atoms with E-state index in [9.17, 15) is 24.9 Å². The van der Waals surface area contributed by atoms with Crippen molar-refractivity contribution in [3.63, 3.8) is 0 Å². The number of carboxylic acid groups (broad SMARTS) is 1. The quantitative estimate of drug-likeness (QED) is 0.680. The maximum Gasteiger partial charge on any atom is 0.314 e. The highest BCUT2D eigenvalue weighted by Gasteiger charge is 2.49. The van der Waals surface area contributed by atoms with Crippen LogP contribution in [0.15, 0.2) is 18.2 Å². The highest BCUT2D eigenvalue weighted by molar-refractivity contribution is 5.80. The van der Waals surface area contributed by atoms with Crippen LogP contribution in [0.4, 0.5) is 0 Å². The summed E-state index contributed by atoms with van der Waals surface area (Å²) in [6.45, 7) is 2.25. The topological polar surface area (TPSA) is 107 Å². The first-order chi connectivity index (χ1) is 12.3. The Hall–Kier alpha value is -2.28. The fraction of sp³-hybridized carbons (Fsp3) is 0.579. The molecular weight excluding hydrogens is 338 g/mol. The van der Waals surface area contributed by atoms with Crippen molar-refractivity contribution in [2.75, 3.05) is 20.2 Å². The van der Waals surface area contributed by atoms with Crippen molar-refractivity contribution >= 4 is 11.9 Å². The van der Waals surface area contributed by atoms with Gasteiger partial charge in [-0.05, 0) is 37.0 Å². The molecule has 144 valence electrons. The van der Waals surface area contributed by atoms with Gasteiger partial charge in [0.05, 0.1) is 13.2 Å². The largest absolute Gasteiger partial charge is 0.504 e. The average Bonchev–Trinajstić information content (AvgIpc) is 2.61. The second kappa shape index (κ2) is 8.40. The number of amides is 1. The molecule has 7 nitrogen and oxygen atoms in total. The Morgan fingerprint density at radius 2 is 2.12 bits per heavy atom. The number of benzene rings is 1. The number of ether oxygens (including phenoxy) is 1. The standard InChI is InChI=1S/C19H27NO6/c1-3-9-19(18(24)25)12-20(10-8-16(19)22)17(23)7-5-13-4-6-15(26-2)14(21)11-13/h4,6,11,16,21-22H,3,5,7-10,12H2,1-2H3,(H,24,25)/t16-,19-/m1/s1. The Morgan fingerprint density at radius 3 is 2.69 bits per heavy atom. The number of carbonyl (C=O) groups excluding carboxylic acids is 1. The van der Waals surface area contributed by atoms with Crippen LogP contribution in [0.2, 0.25) is 0 Å². The van der Waals surface area contributed by atoms with Crippen LogP contribution in [0.3, 0.4) is 0 Å². The van der Waals surface area contributed by atoms with E-state index in [1.807, 2.05) is 6.92 Å². The molecule has 1 amide bonds. The van der Waals surface area contributed by atoms with Crippen molar-refractivity contribution in [3.05, 3.63) is 23.8 Å². The summed E-state index contributed by atoms with van der Waals surface area (Å²) in [6.07, 6.45) is 0.923. The van der Waals surface area contributed by atoms with Gasteiger partial charge in [0, 0.05) is 19.5 Å². The summed E-state index contributed by atoms with van der Waals surface area (Å²) in [6, 6.07) is 4.98. The zero-order chi connectivity index (χ0) is 19.3. The van der Waals surface area contributed by atoms with Crippen molar-refractivity contribution < 1.29 is 29.6 Å². The molecule has 7 heteroatoms. The number of rotatable bonds is 7. The van der Waals surface area contributed by atoms with Crippen LogP contribution < -0.4 is 4.74 Å². The molecule has 0 aliphatic carbocycles. The van der Waals surface area contributed by atoms with Crippen LogP contribution in [0, 0.1) is 5.41 Å². The summed E-state index contributed by atoms with van der Waals surface area (Å²) in [7, 11) is 1.47. The lowest BCUT2D eigenvalue weighted by molar-refractivity contribution is -0.166. The molecule has 1 aliphatic heterocycles. The molecular formula is C19H27NO6. The van der Waals surface area contributed by atoms with E-state index < -0.39 is 17.5 Å². The van der Waals surface area contributed by atoms with Gasteiger partial charge >= 0.3 is 5.97 Å². The maximum absolute atomic E-state index is 12.6. The van der Waals surface area contributed by atoms with E-state index in [1.165, 1.54) is 7.11 Å². The number of piperidine rings is 1. The van der Waals surface area contributed by atoms with Crippen molar-refractivity contribution in [2.45, 2.75) is 45.1 Å². The number of likely N-dealkylation sites (tertiary alicyclic amines) is 1. The predicted molar refractivity (Wildman–Crippen MR) is 95.2 cm³/mol. The van der Waals surface area contributed by atoms with Gasteiger partial charge in [0.25, 0.3) is 0 Å². The summed E-state index contributed by atoms with van der Waals surface area (Å²) >= 11 is 0. The monoisotopic (exact) mass is 365 g/mol. The number of aromatic hydroxyl groups is 1. The van der Waals surface area contributed by atoms with Gasteiger partial charge in [-0.25, -0.2) is 0 Å². The van der Waals surface area contributed by atoms with E-state index in [0.717, 1.165) is 5.56 Å². The van der Waals surface area contributed by atoms with Gasteiger partial charge in [0.1, 0.15) is 5.41 Å². The zero-order valence-corrected chi connectivity index (χ0v) is 15.3. The lowest BCUT2D eigenvalue weighted by Crippen LogP contribution is -2.57. The number of methoxy groups -OCH3 is 1. The number of nitrogens with zero attached hydrogens (tertiary/aromatic N) is 1. The van der Waals surface area contributed by atoms with Gasteiger partial charge < -0.3 is 25.0 Å². The number of phenolic OH excluding ortho intramolecular Hbond substituents is 1. The van der Waals surface area contributed by atoms with E-state index in [2.05, 4.69) is 0 Å². The van der Waals surface area contributed by atoms with Crippen LogP contribution in [0.25, 0.3) is 0 Å². The number of carboxylic acids is 1. The third kappa shape index (κ3) is 4.09. The molecule has 1 fully saturated rings. The van der Waals surface area contributed by atoms with E-state index in [4.69, 9.17) is 4.74 Å².